The Labute approximate surface area is 178 Å². The van der Waals surface area contributed by atoms with Crippen LogP contribution in [0.4, 0.5) is 0 Å². The standard InChI is InChI=1S/C22H23N5O4/c1-30-17-10-9-14-12-24-27(22(29)20(14)21(17)31-2)13-19(28)23-11-5-8-18-25-15-6-3-4-7-16(15)26-18/h3-4,6-7,9-10,12H,5,8,11,13H2,1-2H3,(H,23,28)(H,25,26). The lowest BCUT2D eigenvalue weighted by molar-refractivity contribution is -0.121. The largest absolute Gasteiger partial charge is 0.493 e. The van der Waals surface area contributed by atoms with Crippen molar-refractivity contribution in [2.75, 3.05) is 20.8 Å². The maximum atomic E-state index is 12.9. The van der Waals surface area contributed by atoms with Crippen molar-refractivity contribution in [1.29, 1.82) is 0 Å². The molecule has 0 atom stereocenters. The van der Waals surface area contributed by atoms with E-state index < -0.39 is 5.56 Å². The topological polar surface area (TPSA) is 111 Å². The monoisotopic (exact) mass is 421 g/mol. The normalized spacial score (nSPS) is 11.0. The molecule has 2 aromatic carbocycles. The van der Waals surface area contributed by atoms with Crippen LogP contribution in [0, 0.1) is 0 Å². The number of hydrogen-bond donors (Lipinski definition) is 2. The molecule has 0 saturated carbocycles. The Bertz CT molecular complexity index is 1260. The highest BCUT2D eigenvalue weighted by atomic mass is 16.5. The molecule has 160 valence electrons. The van der Waals surface area contributed by atoms with Crippen molar-refractivity contribution in [3.05, 3.63) is 58.8 Å². The Hall–Kier alpha value is -3.88. The summed E-state index contributed by atoms with van der Waals surface area (Å²) in [5.74, 6) is 1.36. The van der Waals surface area contributed by atoms with Crippen molar-refractivity contribution in [2.45, 2.75) is 19.4 Å². The molecule has 4 rings (SSSR count). The fraction of sp³-hybridized carbons (Fsp3) is 0.273. The molecule has 0 aliphatic carbocycles. The van der Waals surface area contributed by atoms with Gasteiger partial charge in [0.1, 0.15) is 12.4 Å². The molecule has 2 N–H and O–H groups in total. The molecular formula is C22H23N5O4. The van der Waals surface area contributed by atoms with E-state index in [0.29, 0.717) is 35.2 Å². The van der Waals surface area contributed by atoms with Crippen LogP contribution in [-0.4, -0.2) is 46.4 Å². The minimum atomic E-state index is -0.411. The molecule has 0 saturated heterocycles. The van der Waals surface area contributed by atoms with Gasteiger partial charge in [0.15, 0.2) is 11.5 Å². The molecular weight excluding hydrogens is 398 g/mol. The van der Waals surface area contributed by atoms with E-state index in [4.69, 9.17) is 9.47 Å². The number of fused-ring (bicyclic) bond motifs is 2. The van der Waals surface area contributed by atoms with Crippen molar-refractivity contribution >= 4 is 27.7 Å². The number of hydrogen-bond acceptors (Lipinski definition) is 6. The van der Waals surface area contributed by atoms with Crippen molar-refractivity contribution in [3.8, 4) is 11.5 Å². The van der Waals surface area contributed by atoms with Gasteiger partial charge in [-0.05, 0) is 30.7 Å². The van der Waals surface area contributed by atoms with Crippen LogP contribution in [0.5, 0.6) is 11.5 Å². The number of nitrogens with zero attached hydrogens (tertiary/aromatic N) is 3. The summed E-state index contributed by atoms with van der Waals surface area (Å²) in [6.45, 7) is 0.287. The molecule has 9 heteroatoms. The lowest BCUT2D eigenvalue weighted by Gasteiger charge is -2.12. The van der Waals surface area contributed by atoms with E-state index in [1.54, 1.807) is 12.1 Å². The third-order valence-corrected chi connectivity index (χ3v) is 5.01. The molecule has 0 fully saturated rings. The Balaban J connectivity index is 1.39. The summed E-state index contributed by atoms with van der Waals surface area (Å²) in [6.07, 6.45) is 2.96. The summed E-state index contributed by atoms with van der Waals surface area (Å²) >= 11 is 0. The van der Waals surface area contributed by atoms with Crippen LogP contribution in [0.2, 0.25) is 0 Å². The van der Waals surface area contributed by atoms with E-state index in [9.17, 15) is 9.59 Å². The first-order valence-corrected chi connectivity index (χ1v) is 9.92. The van der Waals surface area contributed by atoms with Crippen molar-refractivity contribution in [1.82, 2.24) is 25.1 Å². The van der Waals surface area contributed by atoms with Crippen LogP contribution in [-0.2, 0) is 17.8 Å². The van der Waals surface area contributed by atoms with E-state index >= 15 is 0 Å². The van der Waals surface area contributed by atoms with Crippen LogP contribution in [0.25, 0.3) is 21.8 Å². The SMILES string of the molecule is COc1ccc2cnn(CC(=O)NCCCc3nc4ccccc4[nH]3)c(=O)c2c1OC. The first kappa shape index (κ1) is 20.4. The van der Waals surface area contributed by atoms with Gasteiger partial charge in [-0.15, -0.1) is 0 Å². The van der Waals surface area contributed by atoms with E-state index in [1.807, 2.05) is 24.3 Å². The van der Waals surface area contributed by atoms with Crippen LogP contribution < -0.4 is 20.3 Å². The molecule has 2 heterocycles. The van der Waals surface area contributed by atoms with Gasteiger partial charge in [0.2, 0.25) is 5.91 Å². The first-order chi connectivity index (χ1) is 15.1. The smallest absolute Gasteiger partial charge is 0.279 e. The summed E-state index contributed by atoms with van der Waals surface area (Å²) in [4.78, 5) is 33.0. The summed E-state index contributed by atoms with van der Waals surface area (Å²) in [5.41, 5.74) is 1.51. The molecule has 1 amide bonds. The zero-order chi connectivity index (χ0) is 21.8. The number of aryl methyl sites for hydroxylation is 1. The molecule has 0 spiro atoms. The highest BCUT2D eigenvalue weighted by molar-refractivity contribution is 5.89. The van der Waals surface area contributed by atoms with Crippen LogP contribution in [0.1, 0.15) is 12.2 Å². The Kier molecular flexibility index (Phi) is 5.83. The zero-order valence-electron chi connectivity index (χ0n) is 17.3. The summed E-state index contributed by atoms with van der Waals surface area (Å²) in [5, 5.41) is 7.88. The minimum Gasteiger partial charge on any atom is -0.493 e. The number of methoxy groups -OCH3 is 2. The highest BCUT2D eigenvalue weighted by Gasteiger charge is 2.16. The molecule has 0 aliphatic heterocycles. The van der Waals surface area contributed by atoms with Gasteiger partial charge in [0.25, 0.3) is 5.56 Å². The fourth-order valence-corrected chi connectivity index (χ4v) is 3.50. The van der Waals surface area contributed by atoms with Gasteiger partial charge in [-0.25, -0.2) is 9.67 Å². The second kappa shape index (κ2) is 8.86. The molecule has 0 aliphatic rings. The number of aromatic amines is 1. The third-order valence-electron chi connectivity index (χ3n) is 5.01. The van der Waals surface area contributed by atoms with Crippen LogP contribution in [0.3, 0.4) is 0 Å². The number of aromatic nitrogens is 4. The number of benzene rings is 2. The molecule has 31 heavy (non-hydrogen) atoms. The van der Waals surface area contributed by atoms with E-state index in [2.05, 4.69) is 20.4 Å². The number of rotatable bonds is 8. The Morgan fingerprint density at radius 3 is 2.77 bits per heavy atom. The van der Waals surface area contributed by atoms with Gasteiger partial charge < -0.3 is 19.8 Å². The molecule has 0 radical (unpaired) electrons. The van der Waals surface area contributed by atoms with E-state index in [0.717, 1.165) is 28.0 Å². The van der Waals surface area contributed by atoms with Gasteiger partial charge in [0.05, 0.1) is 36.8 Å². The van der Waals surface area contributed by atoms with Crippen LogP contribution >= 0.6 is 0 Å². The average molecular weight is 421 g/mol. The summed E-state index contributed by atoms with van der Waals surface area (Å²) in [6, 6.07) is 11.3. The summed E-state index contributed by atoms with van der Waals surface area (Å²) < 4.78 is 11.7. The number of carbonyl (C=O) groups excluding carboxylic acids is 1. The first-order valence-electron chi connectivity index (χ1n) is 9.92. The average Bonchev–Trinajstić information content (AvgIpc) is 3.20. The number of para-hydroxylation sites is 2. The fourth-order valence-electron chi connectivity index (χ4n) is 3.50. The van der Waals surface area contributed by atoms with Gasteiger partial charge in [-0.1, -0.05) is 12.1 Å². The second-order valence-corrected chi connectivity index (χ2v) is 7.03. The molecule has 2 aromatic heterocycles. The number of H-pyrrole nitrogens is 1. The number of nitrogens with one attached hydrogen (secondary N) is 2. The second-order valence-electron chi connectivity index (χ2n) is 7.03. The third kappa shape index (κ3) is 4.20. The van der Waals surface area contributed by atoms with Crippen LogP contribution in [0.15, 0.2) is 47.4 Å². The highest BCUT2D eigenvalue weighted by Crippen LogP contribution is 2.32. The maximum absolute atomic E-state index is 12.9. The van der Waals surface area contributed by atoms with Gasteiger partial charge in [0, 0.05) is 18.4 Å². The summed E-state index contributed by atoms with van der Waals surface area (Å²) in [7, 11) is 2.97. The maximum Gasteiger partial charge on any atom is 0.279 e. The van der Waals surface area contributed by atoms with Gasteiger partial charge in [-0.3, -0.25) is 9.59 Å². The Morgan fingerprint density at radius 2 is 2.00 bits per heavy atom. The number of ether oxygens (including phenoxy) is 2. The van der Waals surface area contributed by atoms with Gasteiger partial charge in [-0.2, -0.15) is 5.10 Å². The number of imidazole rings is 1. The Morgan fingerprint density at radius 1 is 1.16 bits per heavy atom. The van der Waals surface area contributed by atoms with E-state index in [1.165, 1.54) is 20.4 Å². The van der Waals surface area contributed by atoms with Gasteiger partial charge >= 0.3 is 0 Å². The minimum absolute atomic E-state index is 0.181. The predicted octanol–water partition coefficient (Wildman–Crippen LogP) is 2.04. The zero-order valence-corrected chi connectivity index (χ0v) is 17.3. The lowest BCUT2D eigenvalue weighted by Crippen LogP contribution is -2.34. The van der Waals surface area contributed by atoms with Crippen molar-refractivity contribution in [3.63, 3.8) is 0 Å². The molecule has 0 unspecified atom stereocenters. The lowest BCUT2D eigenvalue weighted by atomic mass is 10.1. The quantitative estimate of drug-likeness (QED) is 0.421. The van der Waals surface area contributed by atoms with E-state index in [-0.39, 0.29) is 12.5 Å². The number of carbonyl (C=O) groups is 1. The number of amides is 1. The molecule has 4 aromatic rings. The molecule has 0 bridgehead atoms. The van der Waals surface area contributed by atoms with Crippen molar-refractivity contribution < 1.29 is 14.3 Å². The molecule has 9 nitrogen and oxygen atoms in total. The van der Waals surface area contributed by atoms with Crippen molar-refractivity contribution in [2.24, 2.45) is 0 Å². The predicted molar refractivity (Wildman–Crippen MR) is 117 cm³/mol.